The lowest BCUT2D eigenvalue weighted by atomic mass is 9.88. The Morgan fingerprint density at radius 3 is 0.900 bits per heavy atom. The topological polar surface area (TPSA) is 62.3 Å². The van der Waals surface area contributed by atoms with Crippen molar-refractivity contribution in [2.24, 2.45) is 0 Å². The summed E-state index contributed by atoms with van der Waals surface area (Å²) < 4.78 is 314. The summed E-state index contributed by atoms with van der Waals surface area (Å²) in [4.78, 5) is 4.05. The number of nitrogens with zero attached hydrogens (tertiary/aromatic N) is 5. The van der Waals surface area contributed by atoms with Crippen LogP contribution in [-0.4, -0.2) is 155 Å². The fraction of sp³-hybridized carbons (Fsp3) is 0.429. The Morgan fingerprint density at radius 1 is 0.308 bits per heavy atom. The molecule has 0 saturated carbocycles. The van der Waals surface area contributed by atoms with Gasteiger partial charge in [-0.2, -0.15) is 0 Å². The van der Waals surface area contributed by atoms with Gasteiger partial charge in [0.15, 0.2) is 0 Å². The van der Waals surface area contributed by atoms with E-state index in [1.54, 1.807) is 122 Å². The van der Waals surface area contributed by atoms with Crippen LogP contribution in [0.5, 0.6) is 0 Å². The van der Waals surface area contributed by atoms with E-state index in [9.17, 15) is 0 Å². The fourth-order valence-electron chi connectivity index (χ4n) is 14.8. The molecule has 15 rings (SSSR count). The molecule has 5 aliphatic rings. The molecule has 10 atom stereocenters. The highest BCUT2D eigenvalue weighted by molar-refractivity contribution is 6.31. The van der Waals surface area contributed by atoms with E-state index in [0.29, 0.717) is 93.7 Å². The number of hydrogen-bond donors (Lipinski definition) is 0. The maximum Gasteiger partial charge on any atom is 0.115 e. The lowest BCUT2D eigenvalue weighted by Crippen LogP contribution is -2.31. The van der Waals surface area contributed by atoms with Crippen LogP contribution in [0.3, 0.4) is 0 Å². The van der Waals surface area contributed by atoms with Crippen molar-refractivity contribution >= 4 is 58.0 Å². The molecule has 0 aromatic heterocycles. The second-order valence-corrected chi connectivity index (χ2v) is 32.4. The molecule has 10 aromatic carbocycles. The second kappa shape index (κ2) is 46.3. The Hall–Kier alpha value is -6.75. The summed E-state index contributed by atoms with van der Waals surface area (Å²) in [5.74, 6) is 0. The minimum absolute atomic E-state index is 0.0125. The first-order chi connectivity index (χ1) is 71.5. The van der Waals surface area contributed by atoms with E-state index in [1.807, 2.05) is 172 Å². The predicted molar refractivity (Wildman–Crippen MR) is 503 cm³/mol. The Morgan fingerprint density at radius 2 is 0.567 bits per heavy atom. The van der Waals surface area contributed by atoms with Gasteiger partial charge < -0.3 is 48.2 Å². The summed E-state index contributed by atoms with van der Waals surface area (Å²) in [6, 6.07) is 75.1. The average Bonchev–Trinajstić information content (AvgIpc) is 1.49. The molecule has 5 heterocycles. The molecule has 15 heteroatoms. The van der Waals surface area contributed by atoms with Gasteiger partial charge in [0.1, 0.15) is 28.0 Å². The number of ether oxygens (including phenoxy) is 5. The van der Waals surface area contributed by atoms with Gasteiger partial charge in [-0.3, -0.25) is 0 Å². The smallest absolute Gasteiger partial charge is 0.115 e. The molecule has 5 fully saturated rings. The Bertz CT molecular complexity index is 6200. The van der Waals surface area contributed by atoms with Crippen LogP contribution >= 0.6 is 58.0 Å². The van der Waals surface area contributed by atoms with E-state index in [1.165, 1.54) is 9.80 Å². The Labute approximate surface area is 793 Å². The largest absolute Gasteiger partial charge is 0.366 e. The van der Waals surface area contributed by atoms with E-state index >= 15 is 0 Å². The van der Waals surface area contributed by atoms with E-state index in [-0.39, 0.29) is 41.5 Å². The minimum Gasteiger partial charge on any atom is -0.366 e. The Balaban J connectivity index is 0.000000184. The monoisotopic (exact) mass is 1750 g/mol. The molecule has 10 aromatic rings. The molecule has 0 spiro atoms. The van der Waals surface area contributed by atoms with Gasteiger partial charge in [0.05, 0.1) is 2.74 Å². The van der Waals surface area contributed by atoms with Crippen LogP contribution in [0, 0.1) is 0 Å². The highest BCUT2D eigenvalue weighted by atomic mass is 35.5. The van der Waals surface area contributed by atoms with Crippen LogP contribution in [0.25, 0.3) is 0 Å². The highest BCUT2D eigenvalue weighted by Gasteiger charge is 2.37. The molecule has 5 aliphatic heterocycles. The zero-order valence-electron chi connectivity index (χ0n) is 103. The van der Waals surface area contributed by atoms with Crippen molar-refractivity contribution in [2.75, 3.05) is 100 Å². The average molecular weight is 1750 g/mol. The maximum atomic E-state index is 8.79. The van der Waals surface area contributed by atoms with Crippen LogP contribution in [0.4, 0.5) is 0 Å². The van der Waals surface area contributed by atoms with Crippen molar-refractivity contribution in [3.8, 4) is 0 Å². The SMILES string of the molecule is [2H]C([2H])(CO[C@](C)(c1ccccc1)c1ccc(Cl)cc1)[C@H]1CCCN1C([2H])([2H])[2H].[2H]C([2H])(C[C@H]1CCCN1C([2H])([2H])[2H])O[C@](C)(c1ccccc1)c1ccc(Cl)cc1.[2H]C([2H])([2H])N1C([2H])([2H])C([2H])([2H])C([2H])([2H])[C@]1([2H])C([2H])([2H])CO[C@](C)(c1ccccc1)c1ccc(Cl)cc1.[2H]C([2H])([2H])N1C([2H])([2H])C([2H])([2H])C([2H])([2H])[C@]1([2H])CCO[C@](C)(c1ccccc1)c1ccc(Cl)cc1.[2H]C([2H])([2H])N1CCC[C@@H]1CCO[C@](C)(c1ccccc1)c1ccc(Cl)cc1. The third-order valence-electron chi connectivity index (χ3n) is 22.3. The third kappa shape index (κ3) is 26.0. The van der Waals surface area contributed by atoms with Gasteiger partial charge in [-0.05, 0) is 314 Å². The molecule has 10 nitrogen and oxygen atoms in total. The summed E-state index contributed by atoms with van der Waals surface area (Å²) in [7, 11) is 0. The van der Waals surface area contributed by atoms with Crippen molar-refractivity contribution in [3.05, 3.63) is 354 Å². The molecular formula is C105H130Cl5N5O5. The molecule has 0 amide bonds. The van der Waals surface area contributed by atoms with Gasteiger partial charge in [-0.1, -0.05) is 270 Å². The third-order valence-corrected chi connectivity index (χ3v) is 23.5. The van der Waals surface area contributed by atoms with Crippen LogP contribution in [0.1, 0.15) is 234 Å². The fourth-order valence-corrected chi connectivity index (χ4v) is 15.4. The first-order valence-corrected chi connectivity index (χ1v) is 42.1. The van der Waals surface area contributed by atoms with Crippen molar-refractivity contribution < 1.29 is 71.7 Å². The van der Waals surface area contributed by atoms with E-state index in [0.717, 1.165) is 58.2 Å². The first kappa shape index (κ1) is 57.0. The van der Waals surface area contributed by atoms with Gasteiger partial charge in [0, 0.05) is 133 Å². The number of likely N-dealkylation sites (tertiary alicyclic amines) is 5. The quantitative estimate of drug-likeness (QED) is 0.0435. The van der Waals surface area contributed by atoms with E-state index in [2.05, 4.69) is 19.1 Å². The van der Waals surface area contributed by atoms with Crippen molar-refractivity contribution in [3.63, 3.8) is 0 Å². The lowest BCUT2D eigenvalue weighted by molar-refractivity contribution is -0.0119. The molecule has 640 valence electrons. The Kier molecular flexibility index (Phi) is 22.0. The molecule has 0 aliphatic carbocycles. The van der Waals surface area contributed by atoms with Gasteiger partial charge >= 0.3 is 0 Å². The number of rotatable bonds is 30. The van der Waals surface area contributed by atoms with Gasteiger partial charge in [0.25, 0.3) is 0 Å². The van der Waals surface area contributed by atoms with E-state index in [4.69, 9.17) is 130 Å². The molecule has 0 bridgehead atoms. The number of benzene rings is 10. The van der Waals surface area contributed by atoms with Crippen LogP contribution in [0.15, 0.2) is 273 Å². The van der Waals surface area contributed by atoms with Crippen molar-refractivity contribution in [1.82, 2.24) is 24.5 Å². The molecule has 0 N–H and O–H groups in total. The maximum absolute atomic E-state index is 8.79. The molecule has 0 radical (unpaired) electrons. The van der Waals surface area contributed by atoms with Crippen molar-refractivity contribution in [1.29, 1.82) is 0 Å². The minimum atomic E-state index is -3.60. The normalized spacial score (nSPS) is 29.8. The molecule has 5 saturated heterocycles. The summed E-state index contributed by atoms with van der Waals surface area (Å²) in [6.07, 6.45) is -14.2. The zero-order valence-corrected chi connectivity index (χ0v) is 72.0. The second-order valence-electron chi connectivity index (χ2n) is 30.2. The first-order valence-electron chi connectivity index (χ1n) is 57.7. The predicted octanol–water partition coefficient (Wildman–Crippen LogP) is 25.5. The van der Waals surface area contributed by atoms with Crippen molar-refractivity contribution in [2.45, 2.75) is 189 Å². The summed E-state index contributed by atoms with van der Waals surface area (Å²) in [6.45, 7) is -12.7. The van der Waals surface area contributed by atoms with Crippen LogP contribution in [0.2, 0.25) is 25.1 Å². The molecular weight excluding hydrogens is 1590 g/mol. The number of hydrogen-bond acceptors (Lipinski definition) is 10. The lowest BCUT2D eigenvalue weighted by Gasteiger charge is -2.32. The molecule has 120 heavy (non-hydrogen) atoms. The molecule has 0 unspecified atom stereocenters. The van der Waals surface area contributed by atoms with Gasteiger partial charge in [-0.25, -0.2) is 0 Å². The van der Waals surface area contributed by atoms with Crippen LogP contribution < -0.4 is 0 Å². The highest BCUT2D eigenvalue weighted by Crippen LogP contribution is 2.41. The summed E-state index contributed by atoms with van der Waals surface area (Å²) in [5.41, 5.74) is 2.91. The van der Waals surface area contributed by atoms with Gasteiger partial charge in [-0.15, -0.1) is 0 Å². The van der Waals surface area contributed by atoms with Gasteiger partial charge in [0.2, 0.25) is 0 Å². The standard InChI is InChI=1S/5C21H26ClNO/c5*1-21(17-7-4-3-5-8-17,18-10-12-19(22)13-11-18)24-16-14-20-9-6-15-23(20)2/h5*3-5,7-8,10-13,20H,6,9,14-16H2,1-2H3/t5*20-,21-/m11111/s1/i2D3,6D2,9D2,14D2,15D2,20D;2D3,6D2,9D2,15D2,20D;2D3,16D2;2D3,14D2;2D3. The van der Waals surface area contributed by atoms with E-state index < -0.39 is 152 Å². The van der Waals surface area contributed by atoms with Crippen LogP contribution in [-0.2, 0) is 51.7 Å². The summed E-state index contributed by atoms with van der Waals surface area (Å²) >= 11 is 30.2. The summed E-state index contributed by atoms with van der Waals surface area (Å²) in [5, 5.41) is 2.84. The zero-order chi connectivity index (χ0) is 115. The number of halogens is 5.